The number of hydrogen-bond acceptors (Lipinski definition) is 1. The number of aliphatic carboxylic acids is 1. The van der Waals surface area contributed by atoms with E-state index in [4.69, 9.17) is 5.11 Å². The summed E-state index contributed by atoms with van der Waals surface area (Å²) >= 11 is 0. The van der Waals surface area contributed by atoms with Crippen molar-refractivity contribution in [2.75, 3.05) is 0 Å². The third-order valence-corrected chi connectivity index (χ3v) is 1.10. The van der Waals surface area contributed by atoms with Crippen LogP contribution in [0.2, 0.25) is 0 Å². The monoisotopic (exact) mass is 178 g/mol. The van der Waals surface area contributed by atoms with Crippen LogP contribution in [0.25, 0.3) is 0 Å². The Labute approximate surface area is 107 Å². The minimum atomic E-state index is -0.823. The second kappa shape index (κ2) is 5.85. The van der Waals surface area contributed by atoms with Gasteiger partial charge in [0, 0.05) is 12.1 Å². The molecule has 0 radical (unpaired) electrons. The second-order valence-electron chi connectivity index (χ2n) is 1.94. The summed E-state index contributed by atoms with van der Waals surface area (Å²) in [4.78, 5) is 10.1. The van der Waals surface area contributed by atoms with Gasteiger partial charge in [0.2, 0.25) is 6.54 Å². The molecule has 3 nitrogen and oxygen atoms in total. The molecular weight excluding hydrogens is 169 g/mol. The molecule has 0 aliphatic heterocycles. The van der Waals surface area contributed by atoms with Crippen LogP contribution < -0.4 is 4.57 Å². The quantitative estimate of drug-likeness (QED) is 0.486. The third-order valence-electron chi connectivity index (χ3n) is 1.10. The molecular formula is C7H9KNO2+. The van der Waals surface area contributed by atoms with Gasteiger partial charge in [-0.2, -0.15) is 4.57 Å². The van der Waals surface area contributed by atoms with E-state index in [9.17, 15) is 4.79 Å². The van der Waals surface area contributed by atoms with E-state index in [-0.39, 0.29) is 57.9 Å². The number of carbonyl (C=O) groups is 1. The van der Waals surface area contributed by atoms with Gasteiger partial charge in [0.15, 0.2) is 12.4 Å². The first kappa shape index (κ1) is 11.3. The molecule has 0 fully saturated rings. The van der Waals surface area contributed by atoms with Crippen LogP contribution in [0.1, 0.15) is 0 Å². The molecule has 1 N–H and O–H groups in total. The minimum absolute atomic E-state index is 0. The fraction of sp³-hybridized carbons (Fsp3) is 0.143. The fourth-order valence-corrected chi connectivity index (χ4v) is 0.696. The summed E-state index contributed by atoms with van der Waals surface area (Å²) in [6.07, 6.45) is 3.43. The standard InChI is InChI=1S/C7H7NO2.K.H/c9-7(10)6-8-4-2-1-3-5-8;;/h1-5H,6H2;;/p+1. The molecule has 1 heterocycles. The number of aromatic nitrogens is 1. The van der Waals surface area contributed by atoms with E-state index in [2.05, 4.69) is 0 Å². The van der Waals surface area contributed by atoms with Crippen molar-refractivity contribution in [1.29, 1.82) is 0 Å². The van der Waals surface area contributed by atoms with Crippen LogP contribution in [-0.4, -0.2) is 62.5 Å². The first-order chi connectivity index (χ1) is 4.79. The van der Waals surface area contributed by atoms with E-state index in [1.54, 1.807) is 29.1 Å². The zero-order valence-electron chi connectivity index (χ0n) is 5.40. The molecule has 54 valence electrons. The van der Waals surface area contributed by atoms with E-state index < -0.39 is 5.97 Å². The maximum absolute atomic E-state index is 10.1. The number of pyridine rings is 1. The summed E-state index contributed by atoms with van der Waals surface area (Å²) < 4.78 is 1.60. The Kier molecular flexibility index (Phi) is 5.99. The fourth-order valence-electron chi connectivity index (χ4n) is 0.696. The molecule has 11 heavy (non-hydrogen) atoms. The van der Waals surface area contributed by atoms with Gasteiger partial charge in [0.25, 0.3) is 0 Å². The molecule has 1 aromatic rings. The number of nitrogens with zero attached hydrogens (tertiary/aromatic N) is 1. The molecule has 0 aliphatic rings. The first-order valence-corrected chi connectivity index (χ1v) is 2.95. The van der Waals surface area contributed by atoms with E-state index in [1.807, 2.05) is 6.07 Å². The van der Waals surface area contributed by atoms with Crippen molar-refractivity contribution in [1.82, 2.24) is 0 Å². The average molecular weight is 178 g/mol. The Bertz CT molecular complexity index is 225. The van der Waals surface area contributed by atoms with Gasteiger partial charge in [-0.3, -0.25) is 0 Å². The average Bonchev–Trinajstić information content (AvgIpc) is 1.88. The van der Waals surface area contributed by atoms with Crippen molar-refractivity contribution in [2.24, 2.45) is 0 Å². The van der Waals surface area contributed by atoms with Gasteiger partial charge in [0.05, 0.1) is 0 Å². The molecule has 0 aromatic carbocycles. The van der Waals surface area contributed by atoms with E-state index >= 15 is 0 Å². The number of hydrogen-bond donors (Lipinski definition) is 1. The van der Waals surface area contributed by atoms with Crippen molar-refractivity contribution < 1.29 is 14.5 Å². The van der Waals surface area contributed by atoms with Crippen LogP contribution in [0.4, 0.5) is 0 Å². The third kappa shape index (κ3) is 4.65. The van der Waals surface area contributed by atoms with Crippen molar-refractivity contribution >= 4 is 57.4 Å². The molecule has 1 aromatic heterocycles. The SMILES string of the molecule is O=C(O)C[n+]1ccccc1.[KH]. The Morgan fingerprint density at radius 2 is 1.82 bits per heavy atom. The van der Waals surface area contributed by atoms with E-state index in [1.165, 1.54) is 0 Å². The first-order valence-electron chi connectivity index (χ1n) is 2.95. The molecule has 0 aliphatic carbocycles. The molecule has 0 saturated heterocycles. The second-order valence-corrected chi connectivity index (χ2v) is 1.94. The maximum atomic E-state index is 10.1. The Morgan fingerprint density at radius 3 is 2.27 bits per heavy atom. The van der Waals surface area contributed by atoms with Crippen LogP contribution in [-0.2, 0) is 11.3 Å². The predicted octanol–water partition coefficient (Wildman–Crippen LogP) is -0.590. The van der Waals surface area contributed by atoms with Gasteiger partial charge in [-0.25, -0.2) is 4.79 Å². The molecule has 4 heteroatoms. The van der Waals surface area contributed by atoms with Gasteiger partial charge < -0.3 is 5.11 Å². The topological polar surface area (TPSA) is 41.2 Å². The zero-order valence-corrected chi connectivity index (χ0v) is 5.40. The van der Waals surface area contributed by atoms with E-state index in [0.717, 1.165) is 0 Å². The molecule has 0 bridgehead atoms. The summed E-state index contributed by atoms with van der Waals surface area (Å²) in [6.45, 7) is 0.0286. The molecule has 0 spiro atoms. The number of rotatable bonds is 2. The molecule has 0 unspecified atom stereocenters. The molecule has 0 atom stereocenters. The van der Waals surface area contributed by atoms with Crippen LogP contribution in [0.15, 0.2) is 30.6 Å². The molecule has 1 rings (SSSR count). The molecule has 0 amide bonds. The number of carboxylic acid groups (broad SMARTS) is 1. The summed E-state index contributed by atoms with van der Waals surface area (Å²) in [7, 11) is 0. The Hall–Kier alpha value is 0.256. The van der Waals surface area contributed by atoms with Gasteiger partial charge in [-0.05, 0) is 0 Å². The Morgan fingerprint density at radius 1 is 1.27 bits per heavy atom. The molecule has 0 saturated carbocycles. The van der Waals surface area contributed by atoms with Gasteiger partial charge in [-0.15, -0.1) is 0 Å². The van der Waals surface area contributed by atoms with Gasteiger partial charge >= 0.3 is 57.4 Å². The van der Waals surface area contributed by atoms with Crippen molar-refractivity contribution in [3.05, 3.63) is 30.6 Å². The van der Waals surface area contributed by atoms with Gasteiger partial charge in [-0.1, -0.05) is 6.07 Å². The normalized spacial score (nSPS) is 8.36. The summed E-state index contributed by atoms with van der Waals surface area (Å²) in [5.41, 5.74) is 0. The van der Waals surface area contributed by atoms with Gasteiger partial charge in [0.1, 0.15) is 0 Å². The summed E-state index contributed by atoms with van der Waals surface area (Å²) in [5, 5.41) is 8.35. The number of carboxylic acids is 1. The van der Waals surface area contributed by atoms with Crippen molar-refractivity contribution in [2.45, 2.75) is 6.54 Å². The zero-order chi connectivity index (χ0) is 7.40. The van der Waals surface area contributed by atoms with Crippen LogP contribution in [0, 0.1) is 0 Å². The summed E-state index contributed by atoms with van der Waals surface area (Å²) in [6, 6.07) is 5.43. The van der Waals surface area contributed by atoms with Crippen LogP contribution in [0.3, 0.4) is 0 Å². The van der Waals surface area contributed by atoms with Crippen molar-refractivity contribution in [3.8, 4) is 0 Å². The van der Waals surface area contributed by atoms with Crippen LogP contribution in [0.5, 0.6) is 0 Å². The summed E-state index contributed by atoms with van der Waals surface area (Å²) in [5.74, 6) is -0.823. The Balaban J connectivity index is 0.000001000. The van der Waals surface area contributed by atoms with E-state index in [0.29, 0.717) is 0 Å². The van der Waals surface area contributed by atoms with Crippen LogP contribution >= 0.6 is 0 Å². The predicted molar refractivity (Wildman–Crippen MR) is 41.4 cm³/mol. The van der Waals surface area contributed by atoms with Crippen molar-refractivity contribution in [3.63, 3.8) is 0 Å².